The third kappa shape index (κ3) is 5.74. The van der Waals surface area contributed by atoms with Gasteiger partial charge in [-0.1, -0.05) is 66.7 Å². The van der Waals surface area contributed by atoms with Gasteiger partial charge in [0, 0.05) is 19.6 Å². The van der Waals surface area contributed by atoms with Crippen LogP contribution in [0.2, 0.25) is 0 Å². The molecule has 4 nitrogen and oxygen atoms in total. The maximum atomic E-state index is 5.78. The van der Waals surface area contributed by atoms with Crippen LogP contribution in [0.15, 0.2) is 71.7 Å². The van der Waals surface area contributed by atoms with Crippen molar-refractivity contribution in [2.45, 2.75) is 38.6 Å². The zero-order valence-corrected chi connectivity index (χ0v) is 15.3. The monoisotopic (exact) mass is 349 g/mol. The molecule has 1 aliphatic carbocycles. The number of benzene rings is 2. The molecule has 0 amide bonds. The van der Waals surface area contributed by atoms with E-state index in [4.69, 9.17) is 4.74 Å². The van der Waals surface area contributed by atoms with Gasteiger partial charge in [-0.25, -0.2) is 0 Å². The van der Waals surface area contributed by atoms with Crippen LogP contribution in [0.25, 0.3) is 0 Å². The summed E-state index contributed by atoms with van der Waals surface area (Å²) in [5.74, 6) is 0.856. The zero-order chi connectivity index (χ0) is 18.0. The van der Waals surface area contributed by atoms with Crippen LogP contribution in [0.4, 0.5) is 0 Å². The molecule has 4 heteroatoms. The molecule has 0 aromatic heterocycles. The molecule has 2 N–H and O–H groups in total. The van der Waals surface area contributed by atoms with Gasteiger partial charge in [0.15, 0.2) is 5.96 Å². The number of hydrogen-bond donors (Lipinski definition) is 2. The molecule has 0 radical (unpaired) electrons. The van der Waals surface area contributed by atoms with Gasteiger partial charge in [-0.05, 0) is 29.5 Å². The first-order chi connectivity index (χ1) is 12.8. The van der Waals surface area contributed by atoms with Crippen LogP contribution in [-0.4, -0.2) is 19.0 Å². The predicted octanol–water partition coefficient (Wildman–Crippen LogP) is 3.79. The molecule has 0 bridgehead atoms. The Labute approximate surface area is 156 Å². The summed E-state index contributed by atoms with van der Waals surface area (Å²) >= 11 is 0. The Balaban J connectivity index is 1.40. The Morgan fingerprint density at radius 3 is 2.19 bits per heavy atom. The molecule has 136 valence electrons. The van der Waals surface area contributed by atoms with Crippen LogP contribution in [0.5, 0.6) is 0 Å². The van der Waals surface area contributed by atoms with E-state index in [9.17, 15) is 0 Å². The maximum absolute atomic E-state index is 5.78. The minimum atomic E-state index is 0.463. The summed E-state index contributed by atoms with van der Waals surface area (Å²) in [6.07, 6.45) is 6.56. The summed E-state index contributed by atoms with van der Waals surface area (Å²) in [6, 6.07) is 19.2. The average Bonchev–Trinajstić information content (AvgIpc) is 3.20. The van der Waals surface area contributed by atoms with Gasteiger partial charge < -0.3 is 15.4 Å². The van der Waals surface area contributed by atoms with E-state index in [1.165, 1.54) is 16.7 Å². The number of rotatable bonds is 7. The molecule has 0 saturated carbocycles. The first-order valence-corrected chi connectivity index (χ1v) is 9.15. The largest absolute Gasteiger partial charge is 0.372 e. The highest BCUT2D eigenvalue weighted by Crippen LogP contribution is 2.10. The van der Waals surface area contributed by atoms with Gasteiger partial charge >= 0.3 is 0 Å². The number of guanidine groups is 1. The molecule has 0 fully saturated rings. The van der Waals surface area contributed by atoms with Crippen molar-refractivity contribution in [2.75, 3.05) is 7.05 Å². The molecule has 3 rings (SSSR count). The van der Waals surface area contributed by atoms with Crippen LogP contribution in [0.3, 0.4) is 0 Å². The van der Waals surface area contributed by atoms with Crippen molar-refractivity contribution in [3.63, 3.8) is 0 Å². The number of nitrogens with zero attached hydrogens (tertiary/aromatic N) is 1. The minimum absolute atomic E-state index is 0.463. The first-order valence-electron chi connectivity index (χ1n) is 9.15. The van der Waals surface area contributed by atoms with Crippen molar-refractivity contribution in [3.05, 3.63) is 83.4 Å². The van der Waals surface area contributed by atoms with Crippen molar-refractivity contribution in [1.29, 1.82) is 0 Å². The fourth-order valence-electron chi connectivity index (χ4n) is 2.92. The van der Waals surface area contributed by atoms with Gasteiger partial charge in [0.2, 0.25) is 0 Å². The summed E-state index contributed by atoms with van der Waals surface area (Å²) in [5, 5.41) is 6.82. The second-order valence-electron chi connectivity index (χ2n) is 6.50. The number of ether oxygens (including phenoxy) is 1. The van der Waals surface area contributed by atoms with E-state index in [1.54, 1.807) is 0 Å². The lowest BCUT2D eigenvalue weighted by Crippen LogP contribution is -2.42. The average molecular weight is 349 g/mol. The van der Waals surface area contributed by atoms with Crippen molar-refractivity contribution in [2.24, 2.45) is 4.99 Å². The fourth-order valence-corrected chi connectivity index (χ4v) is 2.92. The summed E-state index contributed by atoms with van der Waals surface area (Å²) in [7, 11) is 1.81. The Morgan fingerprint density at radius 1 is 0.923 bits per heavy atom. The molecular formula is C22H27N3O. The van der Waals surface area contributed by atoms with E-state index in [1.807, 2.05) is 25.2 Å². The predicted molar refractivity (Wildman–Crippen MR) is 107 cm³/mol. The zero-order valence-electron chi connectivity index (χ0n) is 15.3. The van der Waals surface area contributed by atoms with Gasteiger partial charge in [-0.2, -0.15) is 0 Å². The Kier molecular flexibility index (Phi) is 6.85. The van der Waals surface area contributed by atoms with Crippen molar-refractivity contribution < 1.29 is 4.74 Å². The summed E-state index contributed by atoms with van der Waals surface area (Å²) in [4.78, 5) is 4.30. The van der Waals surface area contributed by atoms with Gasteiger partial charge in [-0.3, -0.25) is 4.99 Å². The van der Waals surface area contributed by atoms with E-state index < -0.39 is 0 Å². The van der Waals surface area contributed by atoms with E-state index in [0.717, 1.165) is 25.3 Å². The molecule has 26 heavy (non-hydrogen) atoms. The van der Waals surface area contributed by atoms with Crippen molar-refractivity contribution in [3.8, 4) is 0 Å². The molecule has 0 heterocycles. The lowest BCUT2D eigenvalue weighted by Gasteiger charge is -2.17. The molecule has 0 atom stereocenters. The molecule has 0 unspecified atom stereocenters. The highest BCUT2D eigenvalue weighted by atomic mass is 16.5. The fraction of sp³-hybridized carbons (Fsp3) is 0.318. The van der Waals surface area contributed by atoms with Crippen LogP contribution in [0.1, 0.15) is 29.5 Å². The highest BCUT2D eigenvalue weighted by molar-refractivity contribution is 5.80. The lowest BCUT2D eigenvalue weighted by atomic mass is 10.1. The third-order valence-corrected chi connectivity index (χ3v) is 4.44. The second-order valence-corrected chi connectivity index (χ2v) is 6.50. The van der Waals surface area contributed by atoms with Crippen LogP contribution < -0.4 is 10.6 Å². The van der Waals surface area contributed by atoms with E-state index in [2.05, 4.69) is 64.2 Å². The number of nitrogens with one attached hydrogen (secondary N) is 2. The van der Waals surface area contributed by atoms with E-state index in [-0.39, 0.29) is 0 Å². The SMILES string of the molecule is CN=C(NCc1ccc(COCc2ccccc2)cc1)NC1CC=CC1. The first kappa shape index (κ1) is 18.2. The van der Waals surface area contributed by atoms with Gasteiger partial charge in [0.25, 0.3) is 0 Å². The molecule has 0 spiro atoms. The molecule has 2 aromatic rings. The van der Waals surface area contributed by atoms with Gasteiger partial charge in [0.1, 0.15) is 0 Å². The third-order valence-electron chi connectivity index (χ3n) is 4.44. The minimum Gasteiger partial charge on any atom is -0.372 e. The quantitative estimate of drug-likeness (QED) is 0.454. The van der Waals surface area contributed by atoms with Crippen LogP contribution in [0, 0.1) is 0 Å². The maximum Gasteiger partial charge on any atom is 0.191 e. The lowest BCUT2D eigenvalue weighted by molar-refractivity contribution is 0.107. The van der Waals surface area contributed by atoms with Crippen molar-refractivity contribution >= 4 is 5.96 Å². The Morgan fingerprint density at radius 2 is 1.54 bits per heavy atom. The van der Waals surface area contributed by atoms with Crippen molar-refractivity contribution in [1.82, 2.24) is 10.6 Å². The molecule has 1 aliphatic rings. The van der Waals surface area contributed by atoms with E-state index >= 15 is 0 Å². The molecule has 0 aliphatic heterocycles. The highest BCUT2D eigenvalue weighted by Gasteiger charge is 2.11. The summed E-state index contributed by atoms with van der Waals surface area (Å²) < 4.78 is 5.78. The number of aliphatic imine (C=N–C) groups is 1. The molecular weight excluding hydrogens is 322 g/mol. The van der Waals surface area contributed by atoms with Gasteiger partial charge in [0.05, 0.1) is 13.2 Å². The smallest absolute Gasteiger partial charge is 0.191 e. The number of hydrogen-bond acceptors (Lipinski definition) is 2. The Bertz CT molecular complexity index is 715. The summed E-state index contributed by atoms with van der Waals surface area (Å²) in [6.45, 7) is 2.02. The molecule has 2 aromatic carbocycles. The van der Waals surface area contributed by atoms with Crippen LogP contribution >= 0.6 is 0 Å². The topological polar surface area (TPSA) is 45.7 Å². The second kappa shape index (κ2) is 9.78. The van der Waals surface area contributed by atoms with E-state index in [0.29, 0.717) is 19.3 Å². The van der Waals surface area contributed by atoms with Crippen LogP contribution in [-0.2, 0) is 24.5 Å². The molecule has 0 saturated heterocycles. The standard InChI is InChI=1S/C22H27N3O/c1-23-22(25-21-9-5-6-10-21)24-15-18-11-13-20(14-12-18)17-26-16-19-7-3-2-4-8-19/h2-8,11-14,21H,9-10,15-17H2,1H3,(H2,23,24,25). The summed E-state index contributed by atoms with van der Waals surface area (Å²) in [5.41, 5.74) is 3.61. The normalized spacial score (nSPS) is 14.6. The Hall–Kier alpha value is -2.59. The van der Waals surface area contributed by atoms with Gasteiger partial charge in [-0.15, -0.1) is 0 Å².